The van der Waals surface area contributed by atoms with Crippen LogP contribution in [0, 0.1) is 11.3 Å². The molecule has 1 saturated heterocycles. The molecule has 7 heteroatoms. The molecule has 150 valence electrons. The van der Waals surface area contributed by atoms with Crippen molar-refractivity contribution < 1.29 is 9.53 Å². The molecule has 3 aliphatic heterocycles. The molecule has 4 aliphatic rings. The number of allylic oxidation sites excluding steroid dienone is 1. The summed E-state index contributed by atoms with van der Waals surface area (Å²) in [6, 6.07) is 4.68. The van der Waals surface area contributed by atoms with Crippen molar-refractivity contribution >= 4 is 29.7 Å². The van der Waals surface area contributed by atoms with Crippen LogP contribution in [0.15, 0.2) is 40.8 Å². The van der Waals surface area contributed by atoms with Crippen LogP contribution in [0.1, 0.15) is 32.3 Å². The summed E-state index contributed by atoms with van der Waals surface area (Å²) in [6.45, 7) is 5.15. The molecule has 7 nitrogen and oxygen atoms in total. The molecule has 3 heterocycles. The van der Waals surface area contributed by atoms with Gasteiger partial charge in [0, 0.05) is 49.3 Å². The van der Waals surface area contributed by atoms with E-state index in [-0.39, 0.29) is 17.1 Å². The summed E-state index contributed by atoms with van der Waals surface area (Å²) in [6.07, 6.45) is 9.28. The van der Waals surface area contributed by atoms with E-state index in [0.717, 1.165) is 47.8 Å². The Morgan fingerprint density at radius 3 is 2.97 bits per heavy atom. The first-order valence-electron chi connectivity index (χ1n) is 10.1. The number of ether oxygens (including phenoxy) is 1. The number of fused-ring (bicyclic) bond motifs is 2. The van der Waals surface area contributed by atoms with E-state index in [9.17, 15) is 4.79 Å². The van der Waals surface area contributed by atoms with E-state index in [1.807, 2.05) is 6.07 Å². The van der Waals surface area contributed by atoms with Crippen molar-refractivity contribution in [3.05, 3.63) is 41.4 Å². The third kappa shape index (κ3) is 3.20. The van der Waals surface area contributed by atoms with Crippen LogP contribution in [0.25, 0.3) is 0 Å². The maximum Gasteiger partial charge on any atom is 0.261 e. The second-order valence-electron chi connectivity index (χ2n) is 8.70. The molecule has 1 aromatic carbocycles. The standard InChI is InChI=1S/C22H25N5O2/c1-22(2)11-14-8-16(26-21(28)15(12-23)20-24-5-3-6-25-20)18(10-19(14)29-22)27-7-4-13-9-17(13)27/h3,5-6,8,10,12-13,17,23-24H,4,7,9,11H2,1-2H3,(H,26,28)/b20-15-,23-12?. The number of carbonyl (C=O) groups excluding carboxylic acids is 1. The van der Waals surface area contributed by atoms with Crippen molar-refractivity contribution in [3.8, 4) is 5.75 Å². The van der Waals surface area contributed by atoms with Crippen LogP contribution in [0.4, 0.5) is 11.4 Å². The van der Waals surface area contributed by atoms with Crippen molar-refractivity contribution in [2.75, 3.05) is 16.8 Å². The monoisotopic (exact) mass is 391 g/mol. The van der Waals surface area contributed by atoms with E-state index in [2.05, 4.69) is 40.4 Å². The Morgan fingerprint density at radius 2 is 2.31 bits per heavy atom. The number of nitrogens with zero attached hydrogens (tertiary/aromatic N) is 2. The van der Waals surface area contributed by atoms with Gasteiger partial charge in [-0.25, -0.2) is 4.99 Å². The Hall–Kier alpha value is -3.09. The largest absolute Gasteiger partial charge is 0.487 e. The van der Waals surface area contributed by atoms with Crippen LogP contribution in [0.2, 0.25) is 0 Å². The highest BCUT2D eigenvalue weighted by molar-refractivity contribution is 6.18. The van der Waals surface area contributed by atoms with Gasteiger partial charge in [0.25, 0.3) is 5.91 Å². The normalized spacial score (nSPS) is 26.9. The number of hydrogen-bond donors (Lipinski definition) is 3. The highest BCUT2D eigenvalue weighted by Crippen LogP contribution is 2.50. The number of anilines is 2. The Morgan fingerprint density at radius 1 is 1.45 bits per heavy atom. The summed E-state index contributed by atoms with van der Waals surface area (Å²) < 4.78 is 6.15. The quantitative estimate of drug-likeness (QED) is 0.544. The number of amides is 1. The third-order valence-corrected chi connectivity index (χ3v) is 6.02. The number of rotatable bonds is 4. The fraction of sp³-hybridized carbons (Fsp3) is 0.409. The van der Waals surface area contributed by atoms with Crippen molar-refractivity contribution in [2.24, 2.45) is 10.9 Å². The topological polar surface area (TPSA) is 89.8 Å². The summed E-state index contributed by atoms with van der Waals surface area (Å²) in [5.41, 5.74) is 2.83. The Bertz CT molecular complexity index is 991. The van der Waals surface area contributed by atoms with Crippen molar-refractivity contribution in [3.63, 3.8) is 0 Å². The summed E-state index contributed by atoms with van der Waals surface area (Å²) in [5.74, 6) is 1.70. The Labute approximate surface area is 170 Å². The molecule has 0 radical (unpaired) electrons. The molecule has 2 fully saturated rings. The number of carbonyl (C=O) groups is 1. The zero-order valence-corrected chi connectivity index (χ0v) is 16.7. The molecule has 2 atom stereocenters. The average molecular weight is 391 g/mol. The van der Waals surface area contributed by atoms with Gasteiger partial charge < -0.3 is 25.7 Å². The predicted octanol–water partition coefficient (Wildman–Crippen LogP) is 2.99. The van der Waals surface area contributed by atoms with Crippen LogP contribution in [-0.2, 0) is 11.2 Å². The molecule has 3 N–H and O–H groups in total. The van der Waals surface area contributed by atoms with Gasteiger partial charge in [-0.05, 0) is 44.7 Å². The van der Waals surface area contributed by atoms with Gasteiger partial charge >= 0.3 is 0 Å². The lowest BCUT2D eigenvalue weighted by molar-refractivity contribution is -0.112. The minimum atomic E-state index is -0.346. The van der Waals surface area contributed by atoms with Gasteiger partial charge in [-0.1, -0.05) is 0 Å². The molecular formula is C22H25N5O2. The maximum atomic E-state index is 13.0. The SMILES string of the molecule is CC1(C)Cc2cc(NC(=O)/C(C=N)=C3\N=CC=CN3)c(N3CCC4CC43)cc2O1. The highest BCUT2D eigenvalue weighted by atomic mass is 16.5. The van der Waals surface area contributed by atoms with Crippen LogP contribution >= 0.6 is 0 Å². The number of hydrogen-bond acceptors (Lipinski definition) is 6. The molecule has 0 bridgehead atoms. The molecule has 1 amide bonds. The van der Waals surface area contributed by atoms with E-state index in [0.29, 0.717) is 11.9 Å². The summed E-state index contributed by atoms with van der Waals surface area (Å²) in [7, 11) is 0. The first-order valence-corrected chi connectivity index (χ1v) is 10.1. The smallest absolute Gasteiger partial charge is 0.261 e. The molecule has 1 aromatic rings. The zero-order chi connectivity index (χ0) is 20.2. The first-order chi connectivity index (χ1) is 13.9. The second kappa shape index (κ2) is 6.47. The Kier molecular flexibility index (Phi) is 4.01. The van der Waals surface area contributed by atoms with Crippen LogP contribution in [0.3, 0.4) is 0 Å². The van der Waals surface area contributed by atoms with E-state index in [1.54, 1.807) is 18.5 Å². The lowest BCUT2D eigenvalue weighted by atomic mass is 10.0. The van der Waals surface area contributed by atoms with E-state index in [4.69, 9.17) is 10.1 Å². The van der Waals surface area contributed by atoms with E-state index >= 15 is 0 Å². The van der Waals surface area contributed by atoms with Gasteiger partial charge in [-0.15, -0.1) is 0 Å². The molecule has 0 aromatic heterocycles. The van der Waals surface area contributed by atoms with E-state index < -0.39 is 0 Å². The van der Waals surface area contributed by atoms with Gasteiger partial charge in [0.1, 0.15) is 17.2 Å². The minimum Gasteiger partial charge on any atom is -0.487 e. The van der Waals surface area contributed by atoms with Gasteiger partial charge in [0.05, 0.1) is 16.9 Å². The van der Waals surface area contributed by atoms with E-state index in [1.165, 1.54) is 12.8 Å². The number of piperidine rings is 1. The minimum absolute atomic E-state index is 0.194. The predicted molar refractivity (Wildman–Crippen MR) is 114 cm³/mol. The molecular weight excluding hydrogens is 366 g/mol. The third-order valence-electron chi connectivity index (χ3n) is 6.02. The molecule has 1 saturated carbocycles. The summed E-state index contributed by atoms with van der Waals surface area (Å²) in [5, 5.41) is 13.7. The fourth-order valence-electron chi connectivity index (χ4n) is 4.57. The van der Waals surface area contributed by atoms with Crippen molar-refractivity contribution in [1.29, 1.82) is 5.41 Å². The fourth-order valence-corrected chi connectivity index (χ4v) is 4.57. The summed E-state index contributed by atoms with van der Waals surface area (Å²) >= 11 is 0. The van der Waals surface area contributed by atoms with Gasteiger partial charge in [-0.2, -0.15) is 0 Å². The van der Waals surface area contributed by atoms with Gasteiger partial charge in [0.2, 0.25) is 0 Å². The van der Waals surface area contributed by atoms with Gasteiger partial charge in [-0.3, -0.25) is 4.79 Å². The second-order valence-corrected chi connectivity index (χ2v) is 8.70. The highest BCUT2D eigenvalue weighted by Gasteiger charge is 2.48. The first kappa shape index (κ1) is 18.0. The number of nitrogens with one attached hydrogen (secondary N) is 3. The number of benzene rings is 1. The molecule has 29 heavy (non-hydrogen) atoms. The zero-order valence-electron chi connectivity index (χ0n) is 16.7. The average Bonchev–Trinajstić information content (AvgIpc) is 3.23. The molecule has 1 aliphatic carbocycles. The van der Waals surface area contributed by atoms with Crippen molar-refractivity contribution in [1.82, 2.24) is 5.32 Å². The maximum absolute atomic E-state index is 13.0. The van der Waals surface area contributed by atoms with Crippen LogP contribution < -0.4 is 20.3 Å². The lowest BCUT2D eigenvalue weighted by Crippen LogP contribution is -2.26. The number of aliphatic imine (C=N–C) groups is 1. The van der Waals surface area contributed by atoms with Crippen molar-refractivity contribution in [2.45, 2.75) is 44.8 Å². The van der Waals surface area contributed by atoms with Crippen LogP contribution in [-0.4, -0.2) is 36.5 Å². The Balaban J connectivity index is 1.50. The lowest BCUT2D eigenvalue weighted by Gasteiger charge is -2.25. The van der Waals surface area contributed by atoms with Crippen LogP contribution in [0.5, 0.6) is 5.75 Å². The van der Waals surface area contributed by atoms with Gasteiger partial charge in [0.15, 0.2) is 0 Å². The molecule has 0 spiro atoms. The molecule has 5 rings (SSSR count). The molecule has 2 unspecified atom stereocenters. The summed E-state index contributed by atoms with van der Waals surface area (Å²) in [4.78, 5) is 19.6.